The van der Waals surface area contributed by atoms with E-state index in [1.54, 1.807) is 23.9 Å². The molecule has 0 amide bonds. The zero-order chi connectivity index (χ0) is 11.4. The highest BCUT2D eigenvalue weighted by Crippen LogP contribution is 2.18. The minimum absolute atomic E-state index is 0.693. The molecule has 0 aliphatic carbocycles. The molecule has 2 rings (SSSR count). The fraction of sp³-hybridized carbons (Fsp3) is 0.300. The maximum absolute atomic E-state index is 4.20. The minimum atomic E-state index is 0.693. The molecular formula is C10H13N5S. The number of rotatable bonds is 4. The summed E-state index contributed by atoms with van der Waals surface area (Å²) in [6.07, 6.45) is 3.34. The zero-order valence-electron chi connectivity index (χ0n) is 9.19. The van der Waals surface area contributed by atoms with Crippen LogP contribution < -0.4 is 10.6 Å². The number of hydrogen-bond acceptors (Lipinski definition) is 6. The summed E-state index contributed by atoms with van der Waals surface area (Å²) in [5.74, 6) is 1.69. The lowest BCUT2D eigenvalue weighted by atomic mass is 10.3. The van der Waals surface area contributed by atoms with E-state index < -0.39 is 0 Å². The Bertz CT molecular complexity index is 454. The van der Waals surface area contributed by atoms with Crippen molar-refractivity contribution in [1.29, 1.82) is 0 Å². The fourth-order valence-corrected chi connectivity index (χ4v) is 1.94. The van der Waals surface area contributed by atoms with Gasteiger partial charge in [0.25, 0.3) is 0 Å². The molecule has 2 N–H and O–H groups in total. The van der Waals surface area contributed by atoms with Crippen LogP contribution in [0.1, 0.15) is 10.6 Å². The first kappa shape index (κ1) is 10.8. The first-order valence-electron chi connectivity index (χ1n) is 4.93. The van der Waals surface area contributed by atoms with Crippen LogP contribution in [0, 0.1) is 6.92 Å². The summed E-state index contributed by atoms with van der Waals surface area (Å²) < 4.78 is 0. The lowest BCUT2D eigenvalue weighted by Gasteiger charge is -2.09. The monoisotopic (exact) mass is 235 g/mol. The summed E-state index contributed by atoms with van der Waals surface area (Å²) in [5.41, 5.74) is 1.02. The standard InChI is InChI=1S/C10H13N5S/c1-7-9(11-2)14-6-15-10(7)13-5-8-12-3-4-16-8/h3-4,6H,5H2,1-2H3,(H2,11,13,14,15). The predicted octanol–water partition coefficient (Wildman–Crippen LogP) is 1.90. The Kier molecular flexibility index (Phi) is 3.31. The summed E-state index contributed by atoms with van der Waals surface area (Å²) in [5, 5.41) is 9.28. The number of nitrogens with zero attached hydrogens (tertiary/aromatic N) is 3. The van der Waals surface area contributed by atoms with Crippen molar-refractivity contribution in [1.82, 2.24) is 15.0 Å². The molecule has 2 heterocycles. The van der Waals surface area contributed by atoms with Crippen molar-refractivity contribution in [2.75, 3.05) is 17.7 Å². The second kappa shape index (κ2) is 4.89. The molecule has 2 aromatic heterocycles. The number of hydrogen-bond donors (Lipinski definition) is 2. The van der Waals surface area contributed by atoms with Crippen molar-refractivity contribution >= 4 is 23.0 Å². The van der Waals surface area contributed by atoms with Crippen LogP contribution in [0.25, 0.3) is 0 Å². The maximum Gasteiger partial charge on any atom is 0.134 e. The molecular weight excluding hydrogens is 222 g/mol. The van der Waals surface area contributed by atoms with Gasteiger partial charge in [-0.15, -0.1) is 11.3 Å². The van der Waals surface area contributed by atoms with Crippen LogP contribution >= 0.6 is 11.3 Å². The number of nitrogens with one attached hydrogen (secondary N) is 2. The van der Waals surface area contributed by atoms with Crippen LogP contribution in [0.5, 0.6) is 0 Å². The number of anilines is 2. The van der Waals surface area contributed by atoms with E-state index in [0.717, 1.165) is 22.2 Å². The summed E-state index contributed by atoms with van der Waals surface area (Å²) in [6, 6.07) is 0. The van der Waals surface area contributed by atoms with Gasteiger partial charge < -0.3 is 10.6 Å². The SMILES string of the molecule is CNc1ncnc(NCc2nccs2)c1C. The average Bonchev–Trinajstić information content (AvgIpc) is 2.81. The quantitative estimate of drug-likeness (QED) is 0.847. The summed E-state index contributed by atoms with van der Waals surface area (Å²) >= 11 is 1.63. The molecule has 0 radical (unpaired) electrons. The van der Waals surface area contributed by atoms with E-state index in [1.807, 2.05) is 19.4 Å². The third kappa shape index (κ3) is 2.27. The predicted molar refractivity (Wildman–Crippen MR) is 65.8 cm³/mol. The molecule has 16 heavy (non-hydrogen) atoms. The van der Waals surface area contributed by atoms with Gasteiger partial charge in [0.1, 0.15) is 23.0 Å². The molecule has 0 saturated carbocycles. The molecule has 2 aromatic rings. The van der Waals surface area contributed by atoms with E-state index in [9.17, 15) is 0 Å². The smallest absolute Gasteiger partial charge is 0.134 e. The van der Waals surface area contributed by atoms with Gasteiger partial charge in [-0.25, -0.2) is 15.0 Å². The van der Waals surface area contributed by atoms with Crippen molar-refractivity contribution in [2.24, 2.45) is 0 Å². The molecule has 0 saturated heterocycles. The Balaban J connectivity index is 2.09. The van der Waals surface area contributed by atoms with Gasteiger partial charge in [0.05, 0.1) is 6.54 Å². The van der Waals surface area contributed by atoms with Gasteiger partial charge in [0.2, 0.25) is 0 Å². The van der Waals surface area contributed by atoms with Crippen molar-refractivity contribution in [3.05, 3.63) is 28.5 Å². The van der Waals surface area contributed by atoms with Crippen LogP contribution in [-0.4, -0.2) is 22.0 Å². The van der Waals surface area contributed by atoms with Crippen LogP contribution in [0.3, 0.4) is 0 Å². The van der Waals surface area contributed by atoms with Crippen molar-refractivity contribution in [2.45, 2.75) is 13.5 Å². The molecule has 0 aromatic carbocycles. The van der Waals surface area contributed by atoms with Crippen LogP contribution in [0.15, 0.2) is 17.9 Å². The summed E-state index contributed by atoms with van der Waals surface area (Å²) in [6.45, 7) is 2.68. The topological polar surface area (TPSA) is 62.7 Å². The molecule has 0 bridgehead atoms. The fourth-order valence-electron chi connectivity index (χ4n) is 1.38. The molecule has 0 atom stereocenters. The molecule has 5 nitrogen and oxygen atoms in total. The Hall–Kier alpha value is -1.69. The molecule has 0 fully saturated rings. The Morgan fingerprint density at radius 3 is 2.75 bits per heavy atom. The Labute approximate surface area is 98.0 Å². The van der Waals surface area contributed by atoms with Crippen LogP contribution in [-0.2, 0) is 6.54 Å². The molecule has 0 aliphatic heterocycles. The van der Waals surface area contributed by atoms with Gasteiger partial charge in [0.15, 0.2) is 0 Å². The van der Waals surface area contributed by atoms with E-state index in [1.165, 1.54) is 0 Å². The zero-order valence-corrected chi connectivity index (χ0v) is 10.0. The highest BCUT2D eigenvalue weighted by molar-refractivity contribution is 7.09. The van der Waals surface area contributed by atoms with Crippen LogP contribution in [0.4, 0.5) is 11.6 Å². The van der Waals surface area contributed by atoms with E-state index in [-0.39, 0.29) is 0 Å². The van der Waals surface area contributed by atoms with Crippen molar-refractivity contribution in [3.8, 4) is 0 Å². The Morgan fingerprint density at radius 2 is 2.06 bits per heavy atom. The second-order valence-electron chi connectivity index (χ2n) is 3.23. The van der Waals surface area contributed by atoms with Crippen LogP contribution in [0.2, 0.25) is 0 Å². The van der Waals surface area contributed by atoms with Crippen molar-refractivity contribution in [3.63, 3.8) is 0 Å². The van der Waals surface area contributed by atoms with Gasteiger partial charge in [-0.05, 0) is 6.92 Å². The van der Waals surface area contributed by atoms with Gasteiger partial charge in [-0.2, -0.15) is 0 Å². The van der Waals surface area contributed by atoms with Crippen molar-refractivity contribution < 1.29 is 0 Å². The normalized spacial score (nSPS) is 10.1. The number of aromatic nitrogens is 3. The lowest BCUT2D eigenvalue weighted by molar-refractivity contribution is 1.04. The Morgan fingerprint density at radius 1 is 1.25 bits per heavy atom. The molecule has 84 valence electrons. The largest absolute Gasteiger partial charge is 0.373 e. The first-order valence-corrected chi connectivity index (χ1v) is 5.81. The van der Waals surface area contributed by atoms with E-state index in [0.29, 0.717) is 6.54 Å². The molecule has 6 heteroatoms. The average molecular weight is 235 g/mol. The third-order valence-corrected chi connectivity index (χ3v) is 2.99. The molecule has 0 unspecified atom stereocenters. The first-order chi connectivity index (χ1) is 7.81. The number of thiazole rings is 1. The molecule has 0 aliphatic rings. The van der Waals surface area contributed by atoms with Gasteiger partial charge in [0, 0.05) is 24.2 Å². The van der Waals surface area contributed by atoms with Gasteiger partial charge in [-0.3, -0.25) is 0 Å². The van der Waals surface area contributed by atoms with Gasteiger partial charge in [-0.1, -0.05) is 0 Å². The third-order valence-electron chi connectivity index (χ3n) is 2.21. The maximum atomic E-state index is 4.20. The molecule has 0 spiro atoms. The summed E-state index contributed by atoms with van der Waals surface area (Å²) in [4.78, 5) is 12.5. The highest BCUT2D eigenvalue weighted by Gasteiger charge is 2.05. The van der Waals surface area contributed by atoms with E-state index >= 15 is 0 Å². The van der Waals surface area contributed by atoms with E-state index in [4.69, 9.17) is 0 Å². The lowest BCUT2D eigenvalue weighted by Crippen LogP contribution is -2.06. The second-order valence-corrected chi connectivity index (χ2v) is 4.20. The highest BCUT2D eigenvalue weighted by atomic mass is 32.1. The van der Waals surface area contributed by atoms with Gasteiger partial charge >= 0.3 is 0 Å². The van der Waals surface area contributed by atoms with E-state index in [2.05, 4.69) is 25.6 Å². The summed E-state index contributed by atoms with van der Waals surface area (Å²) in [7, 11) is 1.85. The minimum Gasteiger partial charge on any atom is -0.373 e.